The van der Waals surface area contributed by atoms with Gasteiger partial charge in [-0.15, -0.1) is 0 Å². The molecule has 1 amide bonds. The predicted octanol–water partition coefficient (Wildman–Crippen LogP) is 1.99. The first-order valence-corrected chi connectivity index (χ1v) is 4.96. The fourth-order valence-electron chi connectivity index (χ4n) is 1.80. The molecule has 0 N–H and O–H groups in total. The first-order valence-electron chi connectivity index (χ1n) is 4.08. The first kappa shape index (κ1) is 7.35. The number of carbonyl (C=O) groups excluding carboxylic acids is 1. The predicted molar refractivity (Wildman–Crippen MR) is 46.9 cm³/mol. The topological polar surface area (TPSA) is 29.4 Å². The molecule has 1 saturated carbocycles. The fourth-order valence-corrected chi connectivity index (χ4v) is 2.83. The molecule has 60 valence electrons. The van der Waals surface area contributed by atoms with E-state index in [1.54, 1.807) is 17.3 Å². The molecule has 1 spiro atoms. The van der Waals surface area contributed by atoms with Crippen molar-refractivity contribution in [3.8, 4) is 0 Å². The Hall–Kier alpha value is -0.310. The maximum absolute atomic E-state index is 11.3. The molecule has 2 rings (SSSR count). The van der Waals surface area contributed by atoms with Crippen molar-refractivity contribution in [1.29, 1.82) is 0 Å². The summed E-state index contributed by atoms with van der Waals surface area (Å²) in [5.41, 5.74) is 1.72. The van der Waals surface area contributed by atoms with Gasteiger partial charge in [0, 0.05) is 0 Å². The molecule has 1 aliphatic heterocycles. The quantitative estimate of drug-likeness (QED) is 0.555. The number of carbonyl (C=O) groups is 1. The Balaban J connectivity index is 2.15. The van der Waals surface area contributed by atoms with Crippen molar-refractivity contribution in [2.75, 3.05) is 0 Å². The van der Waals surface area contributed by atoms with Crippen LogP contribution in [0.15, 0.2) is 4.99 Å². The third-order valence-electron chi connectivity index (χ3n) is 2.50. The zero-order valence-electron chi connectivity index (χ0n) is 6.38. The van der Waals surface area contributed by atoms with E-state index in [4.69, 9.17) is 0 Å². The van der Waals surface area contributed by atoms with Crippen molar-refractivity contribution in [1.82, 2.24) is 0 Å². The van der Waals surface area contributed by atoms with Crippen molar-refractivity contribution < 1.29 is 4.79 Å². The van der Waals surface area contributed by atoms with Gasteiger partial charge in [0.25, 0.3) is 5.91 Å². The van der Waals surface area contributed by atoms with Crippen molar-refractivity contribution in [2.45, 2.75) is 36.9 Å². The molecule has 0 aromatic heterocycles. The molecular formula is C8H11NOS. The van der Waals surface area contributed by atoms with Crippen molar-refractivity contribution in [2.24, 2.45) is 4.99 Å². The van der Waals surface area contributed by atoms with Crippen LogP contribution in [0.25, 0.3) is 0 Å². The van der Waals surface area contributed by atoms with Crippen LogP contribution < -0.4 is 0 Å². The molecule has 3 heteroatoms. The lowest BCUT2D eigenvalue weighted by Crippen LogP contribution is -2.33. The van der Waals surface area contributed by atoms with Crippen molar-refractivity contribution >= 4 is 23.2 Å². The molecule has 0 saturated heterocycles. The highest BCUT2D eigenvalue weighted by molar-refractivity contribution is 8.14. The highest BCUT2D eigenvalue weighted by atomic mass is 32.2. The van der Waals surface area contributed by atoms with Crippen molar-refractivity contribution in [3.63, 3.8) is 0 Å². The minimum atomic E-state index is -0.113. The van der Waals surface area contributed by atoms with E-state index in [1.165, 1.54) is 19.3 Å². The Morgan fingerprint density at radius 1 is 1.36 bits per heavy atom. The van der Waals surface area contributed by atoms with Crippen LogP contribution in [0.1, 0.15) is 32.1 Å². The van der Waals surface area contributed by atoms with Gasteiger partial charge < -0.3 is 0 Å². The number of nitrogens with zero attached hydrogens (tertiary/aromatic N) is 1. The molecule has 0 aromatic rings. The summed E-state index contributed by atoms with van der Waals surface area (Å²) >= 11 is 1.63. The van der Waals surface area contributed by atoms with Gasteiger partial charge in [-0.05, 0) is 12.8 Å². The number of hydrogen-bond acceptors (Lipinski definition) is 2. The average molecular weight is 169 g/mol. The van der Waals surface area contributed by atoms with E-state index in [-0.39, 0.29) is 10.7 Å². The van der Waals surface area contributed by atoms with Crippen LogP contribution in [-0.4, -0.2) is 16.2 Å². The molecule has 0 aromatic carbocycles. The highest BCUT2D eigenvalue weighted by Gasteiger charge is 2.42. The molecule has 11 heavy (non-hydrogen) atoms. The Bertz CT molecular complexity index is 206. The molecule has 0 bridgehead atoms. The lowest BCUT2D eigenvalue weighted by atomic mass is 9.88. The minimum absolute atomic E-state index is 0.113. The second-order valence-electron chi connectivity index (χ2n) is 3.21. The minimum Gasteiger partial charge on any atom is -0.271 e. The summed E-state index contributed by atoms with van der Waals surface area (Å²) in [5, 5.41) is 0. The third-order valence-corrected chi connectivity index (χ3v) is 3.74. The highest BCUT2D eigenvalue weighted by Crippen LogP contribution is 2.42. The fraction of sp³-hybridized carbons (Fsp3) is 0.750. The van der Waals surface area contributed by atoms with Crippen molar-refractivity contribution in [3.05, 3.63) is 0 Å². The molecule has 0 radical (unpaired) electrons. The number of rotatable bonds is 0. The van der Waals surface area contributed by atoms with Crippen LogP contribution >= 0.6 is 11.8 Å². The smallest absolute Gasteiger partial charge is 0.262 e. The Labute approximate surface area is 70.5 Å². The standard InChI is InChI=1S/C8H11NOS/c10-7-8(11-6-9-7)4-2-1-3-5-8/h6H,1-5H2. The van der Waals surface area contributed by atoms with E-state index in [9.17, 15) is 4.79 Å². The number of hydrogen-bond donors (Lipinski definition) is 0. The summed E-state index contributed by atoms with van der Waals surface area (Å²) < 4.78 is -0.113. The van der Waals surface area contributed by atoms with Gasteiger partial charge in [0.1, 0.15) is 4.75 Å². The molecule has 1 fully saturated rings. The Morgan fingerprint density at radius 2 is 2.09 bits per heavy atom. The summed E-state index contributed by atoms with van der Waals surface area (Å²) in [6.45, 7) is 0. The maximum Gasteiger partial charge on any atom is 0.262 e. The van der Waals surface area contributed by atoms with Crippen LogP contribution in [0.3, 0.4) is 0 Å². The summed E-state index contributed by atoms with van der Waals surface area (Å²) in [4.78, 5) is 15.1. The van der Waals surface area contributed by atoms with E-state index in [2.05, 4.69) is 4.99 Å². The molecule has 2 nitrogen and oxygen atoms in total. The van der Waals surface area contributed by atoms with E-state index in [0.29, 0.717) is 0 Å². The Morgan fingerprint density at radius 3 is 2.64 bits per heavy atom. The van der Waals surface area contributed by atoms with Crippen LogP contribution in [0, 0.1) is 0 Å². The van der Waals surface area contributed by atoms with E-state index in [1.807, 2.05) is 0 Å². The molecule has 1 aliphatic carbocycles. The van der Waals surface area contributed by atoms with Gasteiger partial charge in [0.05, 0.1) is 5.55 Å². The summed E-state index contributed by atoms with van der Waals surface area (Å²) in [6, 6.07) is 0. The number of amides is 1. The SMILES string of the molecule is O=C1N=CSC12CCCCC2. The molecular weight excluding hydrogens is 158 g/mol. The molecule has 0 atom stereocenters. The first-order chi connectivity index (χ1) is 5.33. The summed E-state index contributed by atoms with van der Waals surface area (Å²) in [6.07, 6.45) is 5.76. The third kappa shape index (κ3) is 1.11. The van der Waals surface area contributed by atoms with Crippen LogP contribution in [-0.2, 0) is 4.79 Å². The lowest BCUT2D eigenvalue weighted by Gasteiger charge is -2.28. The van der Waals surface area contributed by atoms with Gasteiger partial charge in [0.2, 0.25) is 0 Å². The van der Waals surface area contributed by atoms with Gasteiger partial charge in [0.15, 0.2) is 0 Å². The second kappa shape index (κ2) is 2.63. The van der Waals surface area contributed by atoms with E-state index >= 15 is 0 Å². The van der Waals surface area contributed by atoms with Gasteiger partial charge >= 0.3 is 0 Å². The number of thioether (sulfide) groups is 1. The van der Waals surface area contributed by atoms with Crippen LogP contribution in [0.5, 0.6) is 0 Å². The summed E-state index contributed by atoms with van der Waals surface area (Å²) in [7, 11) is 0. The lowest BCUT2D eigenvalue weighted by molar-refractivity contribution is -0.120. The number of aliphatic imine (C=N–C) groups is 1. The summed E-state index contributed by atoms with van der Waals surface area (Å²) in [5.74, 6) is 0.113. The second-order valence-corrected chi connectivity index (χ2v) is 4.44. The van der Waals surface area contributed by atoms with Gasteiger partial charge in [-0.3, -0.25) is 4.79 Å². The van der Waals surface area contributed by atoms with Gasteiger partial charge in [-0.1, -0.05) is 31.0 Å². The van der Waals surface area contributed by atoms with E-state index in [0.717, 1.165) is 12.8 Å². The molecule has 1 heterocycles. The monoisotopic (exact) mass is 169 g/mol. The Kier molecular flexibility index (Phi) is 1.75. The zero-order valence-corrected chi connectivity index (χ0v) is 7.19. The zero-order chi connectivity index (χ0) is 7.73. The van der Waals surface area contributed by atoms with Crippen LogP contribution in [0.4, 0.5) is 0 Å². The van der Waals surface area contributed by atoms with E-state index < -0.39 is 0 Å². The maximum atomic E-state index is 11.3. The molecule has 0 unspecified atom stereocenters. The normalized spacial score (nSPS) is 28.2. The molecule has 2 aliphatic rings. The average Bonchev–Trinajstić information content (AvgIpc) is 2.36. The largest absolute Gasteiger partial charge is 0.271 e. The van der Waals surface area contributed by atoms with Gasteiger partial charge in [-0.2, -0.15) is 0 Å². The van der Waals surface area contributed by atoms with Gasteiger partial charge in [-0.25, -0.2) is 4.99 Å². The van der Waals surface area contributed by atoms with Crippen LogP contribution in [0.2, 0.25) is 0 Å².